The van der Waals surface area contributed by atoms with Crippen molar-refractivity contribution >= 4 is 39.1 Å². The molecule has 4 aromatic rings. The zero-order chi connectivity index (χ0) is 22.5. The minimum absolute atomic E-state index is 0.0427. The number of hydrogen-bond donors (Lipinski definition) is 2. The van der Waals surface area contributed by atoms with E-state index in [0.29, 0.717) is 21.6 Å². The van der Waals surface area contributed by atoms with Crippen LogP contribution in [0.2, 0.25) is 0 Å². The third-order valence-electron chi connectivity index (χ3n) is 4.42. The Morgan fingerprint density at radius 3 is 2.84 bits per heavy atom. The fraction of sp³-hybridized carbons (Fsp3) is 0.0952. The molecule has 4 rings (SSSR count). The predicted molar refractivity (Wildman–Crippen MR) is 120 cm³/mol. The molecular weight excluding hydrogens is 498 g/mol. The summed E-state index contributed by atoms with van der Waals surface area (Å²) in [6.07, 6.45) is 3.22. The molecule has 2 N–H and O–H groups in total. The van der Waals surface area contributed by atoms with E-state index in [1.54, 1.807) is 28.5 Å². The van der Waals surface area contributed by atoms with E-state index in [4.69, 9.17) is 4.74 Å². The minimum atomic E-state index is -1.08. The van der Waals surface area contributed by atoms with E-state index < -0.39 is 5.97 Å². The molecule has 0 radical (unpaired) electrons. The fourth-order valence-electron chi connectivity index (χ4n) is 2.90. The van der Waals surface area contributed by atoms with Gasteiger partial charge < -0.3 is 15.2 Å². The smallest absolute Gasteiger partial charge is 0.339 e. The third kappa shape index (κ3) is 5.01. The van der Waals surface area contributed by atoms with Gasteiger partial charge in [-0.2, -0.15) is 0 Å². The van der Waals surface area contributed by atoms with Crippen molar-refractivity contribution in [3.63, 3.8) is 0 Å². The van der Waals surface area contributed by atoms with Crippen LogP contribution < -0.4 is 10.1 Å². The van der Waals surface area contributed by atoms with Gasteiger partial charge in [-0.25, -0.2) is 9.48 Å². The molecule has 0 aliphatic rings. The summed E-state index contributed by atoms with van der Waals surface area (Å²) in [5.74, 6) is -1.05. The molecule has 0 atom stereocenters. The maximum Gasteiger partial charge on any atom is 0.339 e. The molecule has 2 aromatic carbocycles. The third-order valence-corrected chi connectivity index (χ3v) is 5.69. The first-order valence-electron chi connectivity index (χ1n) is 9.33. The molecule has 0 spiro atoms. The highest BCUT2D eigenvalue weighted by atomic mass is 79.9. The van der Waals surface area contributed by atoms with E-state index in [2.05, 4.69) is 36.5 Å². The van der Waals surface area contributed by atoms with Crippen LogP contribution in [0.25, 0.3) is 5.69 Å². The number of benzene rings is 2. The van der Waals surface area contributed by atoms with Crippen LogP contribution in [-0.2, 0) is 13.2 Å². The van der Waals surface area contributed by atoms with Gasteiger partial charge in [0.05, 0.1) is 23.6 Å². The zero-order valence-corrected chi connectivity index (χ0v) is 18.8. The van der Waals surface area contributed by atoms with Crippen LogP contribution in [0.4, 0.5) is 0 Å². The number of aromatic carboxylic acids is 1. The summed E-state index contributed by atoms with van der Waals surface area (Å²) in [4.78, 5) is 28.1. The molecule has 32 heavy (non-hydrogen) atoms. The summed E-state index contributed by atoms with van der Waals surface area (Å²) in [5, 5.41) is 20.5. The maximum atomic E-state index is 12.2. The van der Waals surface area contributed by atoms with Crippen LogP contribution in [0, 0.1) is 0 Å². The highest BCUT2D eigenvalue weighted by molar-refractivity contribution is 9.10. The highest BCUT2D eigenvalue weighted by Crippen LogP contribution is 2.25. The molecule has 1 amide bonds. The largest absolute Gasteiger partial charge is 0.486 e. The maximum absolute atomic E-state index is 12.2. The van der Waals surface area contributed by atoms with Crippen molar-refractivity contribution in [2.24, 2.45) is 0 Å². The first-order valence-corrected chi connectivity index (χ1v) is 11.0. The van der Waals surface area contributed by atoms with Crippen LogP contribution in [0.1, 0.15) is 31.3 Å². The number of halogens is 1. The molecule has 0 fully saturated rings. The van der Waals surface area contributed by atoms with Crippen molar-refractivity contribution in [1.82, 2.24) is 25.3 Å². The van der Waals surface area contributed by atoms with Gasteiger partial charge in [-0.05, 0) is 29.8 Å². The lowest BCUT2D eigenvalue weighted by Crippen LogP contribution is -2.22. The molecule has 9 nitrogen and oxygen atoms in total. The molecule has 11 heteroatoms. The SMILES string of the molecule is O=C(NCc1ccccc1-n1cc(COc2cc(Br)ccc2C(=O)O)nn1)c1cncs1. The molecule has 0 saturated heterocycles. The number of aromatic nitrogens is 4. The molecule has 0 aliphatic carbocycles. The van der Waals surface area contributed by atoms with E-state index in [1.165, 1.54) is 23.6 Å². The number of carbonyl (C=O) groups is 2. The van der Waals surface area contributed by atoms with Crippen molar-refractivity contribution in [3.05, 3.63) is 86.5 Å². The van der Waals surface area contributed by atoms with Crippen LogP contribution in [0.5, 0.6) is 5.75 Å². The van der Waals surface area contributed by atoms with Gasteiger partial charge in [0.2, 0.25) is 0 Å². The number of carbonyl (C=O) groups excluding carboxylic acids is 1. The summed E-state index contributed by atoms with van der Waals surface area (Å²) in [6.45, 7) is 0.347. The number of nitrogens with one attached hydrogen (secondary N) is 1. The molecule has 2 aromatic heterocycles. The fourth-order valence-corrected chi connectivity index (χ4v) is 3.78. The van der Waals surface area contributed by atoms with Gasteiger partial charge in [0.25, 0.3) is 5.91 Å². The van der Waals surface area contributed by atoms with Crippen molar-refractivity contribution in [2.45, 2.75) is 13.2 Å². The Kier molecular flexibility index (Phi) is 6.57. The molecule has 0 unspecified atom stereocenters. The standard InChI is InChI=1S/C21H16BrN5O4S/c22-14-5-6-16(21(29)30)18(7-14)31-11-15-10-27(26-25-15)17-4-2-1-3-13(17)8-24-20(28)19-9-23-12-32-19/h1-7,9-10,12H,8,11H2,(H,24,28)(H,29,30). The Morgan fingerprint density at radius 2 is 2.06 bits per heavy atom. The first-order chi connectivity index (χ1) is 15.5. The Hall–Kier alpha value is -3.57. The van der Waals surface area contributed by atoms with E-state index in [-0.39, 0.29) is 23.8 Å². The van der Waals surface area contributed by atoms with E-state index in [0.717, 1.165) is 11.3 Å². The minimum Gasteiger partial charge on any atom is -0.486 e. The van der Waals surface area contributed by atoms with E-state index in [9.17, 15) is 14.7 Å². The summed E-state index contributed by atoms with van der Waals surface area (Å²) in [6, 6.07) is 12.2. The van der Waals surface area contributed by atoms with Crippen LogP contribution >= 0.6 is 27.3 Å². The normalized spacial score (nSPS) is 10.7. The van der Waals surface area contributed by atoms with E-state index >= 15 is 0 Å². The first kappa shape index (κ1) is 21.7. The topological polar surface area (TPSA) is 119 Å². The zero-order valence-electron chi connectivity index (χ0n) is 16.4. The number of carboxylic acids is 1. The number of carboxylic acid groups (broad SMARTS) is 1. The Bertz CT molecular complexity index is 1260. The Labute approximate surface area is 194 Å². The van der Waals surface area contributed by atoms with Crippen LogP contribution in [0.3, 0.4) is 0 Å². The van der Waals surface area contributed by atoms with Gasteiger partial charge in [-0.15, -0.1) is 16.4 Å². The molecule has 2 heterocycles. The number of ether oxygens (including phenoxy) is 1. The number of thiazole rings is 1. The van der Waals surface area contributed by atoms with Crippen molar-refractivity contribution in [2.75, 3.05) is 0 Å². The van der Waals surface area contributed by atoms with Gasteiger partial charge in [-0.1, -0.05) is 39.3 Å². The molecule has 0 saturated carbocycles. The summed E-state index contributed by atoms with van der Waals surface area (Å²) >= 11 is 4.59. The van der Waals surface area contributed by atoms with Gasteiger partial charge in [0.1, 0.15) is 28.5 Å². The molecular formula is C21H16BrN5O4S. The lowest BCUT2D eigenvalue weighted by atomic mass is 10.1. The number of hydrogen-bond acceptors (Lipinski definition) is 7. The monoisotopic (exact) mass is 513 g/mol. The lowest BCUT2D eigenvalue weighted by Gasteiger charge is -2.10. The average Bonchev–Trinajstić information content (AvgIpc) is 3.48. The second-order valence-corrected chi connectivity index (χ2v) is 8.37. The van der Waals surface area contributed by atoms with Gasteiger partial charge in [0, 0.05) is 11.0 Å². The van der Waals surface area contributed by atoms with Crippen molar-refractivity contribution < 1.29 is 19.4 Å². The second kappa shape index (κ2) is 9.71. The summed E-state index contributed by atoms with van der Waals surface area (Å²) in [7, 11) is 0. The summed E-state index contributed by atoms with van der Waals surface area (Å²) in [5.41, 5.74) is 3.79. The number of nitrogens with zero attached hydrogens (tertiary/aromatic N) is 4. The number of para-hydroxylation sites is 1. The number of rotatable bonds is 8. The second-order valence-electron chi connectivity index (χ2n) is 6.57. The Balaban J connectivity index is 1.47. The quantitative estimate of drug-likeness (QED) is 0.368. The Morgan fingerprint density at radius 1 is 1.22 bits per heavy atom. The van der Waals surface area contributed by atoms with Crippen LogP contribution in [0.15, 0.2) is 64.8 Å². The van der Waals surface area contributed by atoms with Gasteiger partial charge in [0.15, 0.2) is 0 Å². The van der Waals surface area contributed by atoms with Gasteiger partial charge >= 0.3 is 5.97 Å². The lowest BCUT2D eigenvalue weighted by molar-refractivity contribution is 0.0691. The van der Waals surface area contributed by atoms with Gasteiger partial charge in [-0.3, -0.25) is 9.78 Å². The highest BCUT2D eigenvalue weighted by Gasteiger charge is 2.14. The molecule has 0 aliphatic heterocycles. The predicted octanol–water partition coefficient (Wildman–Crippen LogP) is 3.69. The van der Waals surface area contributed by atoms with Crippen LogP contribution in [-0.4, -0.2) is 37.0 Å². The van der Waals surface area contributed by atoms with Crippen molar-refractivity contribution in [1.29, 1.82) is 0 Å². The average molecular weight is 514 g/mol. The molecule has 0 bridgehead atoms. The summed E-state index contributed by atoms with van der Waals surface area (Å²) < 4.78 is 7.97. The molecule has 162 valence electrons. The number of amides is 1. The van der Waals surface area contributed by atoms with Crippen molar-refractivity contribution in [3.8, 4) is 11.4 Å². The van der Waals surface area contributed by atoms with E-state index in [1.807, 2.05) is 24.3 Å².